The highest BCUT2D eigenvalue weighted by Gasteiger charge is 2.51. The van der Waals surface area contributed by atoms with E-state index >= 15 is 0 Å². The number of halogens is 2. The molecule has 0 radical (unpaired) electrons. The first-order valence-electron chi connectivity index (χ1n) is 8.70. The lowest BCUT2D eigenvalue weighted by molar-refractivity contribution is -0.0625. The van der Waals surface area contributed by atoms with Gasteiger partial charge in [-0.15, -0.1) is 0 Å². The Labute approximate surface area is 170 Å². The van der Waals surface area contributed by atoms with Crippen LogP contribution in [0.3, 0.4) is 0 Å². The number of aromatic nitrogens is 6. The van der Waals surface area contributed by atoms with Crippen LogP contribution in [0.5, 0.6) is 6.01 Å². The van der Waals surface area contributed by atoms with Crippen molar-refractivity contribution in [3.63, 3.8) is 0 Å². The zero-order valence-corrected chi connectivity index (χ0v) is 15.4. The van der Waals surface area contributed by atoms with Crippen LogP contribution in [0.2, 0.25) is 0 Å². The van der Waals surface area contributed by atoms with E-state index in [1.165, 1.54) is 6.07 Å². The summed E-state index contributed by atoms with van der Waals surface area (Å²) in [5.74, 6) is -3.36. The number of nitriles is 1. The van der Waals surface area contributed by atoms with Gasteiger partial charge in [-0.05, 0) is 6.07 Å². The van der Waals surface area contributed by atoms with Gasteiger partial charge in [0, 0.05) is 6.20 Å². The van der Waals surface area contributed by atoms with E-state index in [4.69, 9.17) is 10.00 Å². The smallest absolute Gasteiger partial charge is 0.325 e. The second-order valence-corrected chi connectivity index (χ2v) is 6.57. The molecule has 0 bridgehead atoms. The highest BCUT2D eigenvalue weighted by atomic mass is 19.3. The first-order valence-corrected chi connectivity index (χ1v) is 8.70. The summed E-state index contributed by atoms with van der Waals surface area (Å²) in [6, 6.07) is 2.63. The van der Waals surface area contributed by atoms with Crippen molar-refractivity contribution in [1.82, 2.24) is 30.1 Å². The Morgan fingerprint density at radius 1 is 1.23 bits per heavy atom. The topological polar surface area (TPSA) is 174 Å². The van der Waals surface area contributed by atoms with Gasteiger partial charge in [0.2, 0.25) is 0 Å². The Balaban J connectivity index is 1.62. The van der Waals surface area contributed by atoms with Crippen LogP contribution >= 0.6 is 0 Å². The summed E-state index contributed by atoms with van der Waals surface area (Å²) in [4.78, 5) is 48.2. The highest BCUT2D eigenvalue weighted by molar-refractivity contribution is 5.62. The molecule has 0 spiro atoms. The molecule has 4 heterocycles. The van der Waals surface area contributed by atoms with Crippen LogP contribution in [0.4, 0.5) is 14.5 Å². The maximum atomic E-state index is 14.5. The second kappa shape index (κ2) is 7.44. The molecule has 0 amide bonds. The number of alkyl halides is 2. The number of aromatic amines is 3. The molecular formula is C17H12F2N8O4. The Bertz CT molecular complexity index is 1340. The summed E-state index contributed by atoms with van der Waals surface area (Å²) < 4.78 is 34.3. The third-order valence-electron chi connectivity index (χ3n) is 4.48. The van der Waals surface area contributed by atoms with Gasteiger partial charge in [-0.2, -0.15) is 10.4 Å². The molecule has 3 N–H and O–H groups in total. The van der Waals surface area contributed by atoms with E-state index in [0.29, 0.717) is 0 Å². The predicted octanol–water partition coefficient (Wildman–Crippen LogP) is -0.622. The monoisotopic (exact) mass is 430 g/mol. The molecule has 1 fully saturated rings. The molecule has 158 valence electrons. The second-order valence-electron chi connectivity index (χ2n) is 6.57. The number of nitrogens with one attached hydrogen (secondary N) is 3. The molecule has 14 heteroatoms. The van der Waals surface area contributed by atoms with Crippen LogP contribution < -0.4 is 26.4 Å². The highest BCUT2D eigenvalue weighted by Crippen LogP contribution is 2.32. The van der Waals surface area contributed by atoms with Gasteiger partial charge in [0.15, 0.2) is 6.10 Å². The van der Waals surface area contributed by atoms with Gasteiger partial charge in [-0.25, -0.2) is 28.6 Å². The zero-order valence-electron chi connectivity index (χ0n) is 15.4. The van der Waals surface area contributed by atoms with Crippen LogP contribution in [0.25, 0.3) is 11.3 Å². The third kappa shape index (κ3) is 3.88. The van der Waals surface area contributed by atoms with Crippen molar-refractivity contribution in [3.05, 3.63) is 61.4 Å². The lowest BCUT2D eigenvalue weighted by Gasteiger charge is -2.17. The quantitative estimate of drug-likeness (QED) is 0.487. The Hall–Kier alpha value is -4.41. The van der Waals surface area contributed by atoms with Crippen LogP contribution in [0.1, 0.15) is 5.56 Å². The minimum absolute atomic E-state index is 0.0322. The molecule has 1 atom stereocenters. The van der Waals surface area contributed by atoms with E-state index < -0.39 is 35.4 Å². The number of H-pyrrole nitrogens is 3. The summed E-state index contributed by atoms with van der Waals surface area (Å²) in [5.41, 5.74) is -2.38. The number of hydrogen-bond acceptors (Lipinski definition) is 9. The fourth-order valence-corrected chi connectivity index (χ4v) is 2.99. The first-order chi connectivity index (χ1) is 14.8. The molecule has 0 saturated carbocycles. The van der Waals surface area contributed by atoms with Crippen molar-refractivity contribution in [2.45, 2.75) is 12.0 Å². The predicted molar refractivity (Wildman–Crippen MR) is 99.9 cm³/mol. The Morgan fingerprint density at radius 2 is 1.97 bits per heavy atom. The van der Waals surface area contributed by atoms with Crippen molar-refractivity contribution in [2.24, 2.45) is 0 Å². The standard InChI is InChI=1S/C17H12F2N8O4/c18-17(19)7-27(6-12(17)31-16-22-3-8(2-20)4-23-16)11-1-10(25-26-14(11)29)9-5-21-15(30)24-13(9)28/h1,3-5,12H,6-7H2,(H,26,29)(H2,21,24,28,30)/t12-/m0/s1. The SMILES string of the molecule is N#Cc1cnc(O[C@H]2CN(c3cc(-c4c[nH]c(=O)[nH]c4=O)n[nH]c3=O)CC2(F)F)nc1. The van der Waals surface area contributed by atoms with Crippen molar-refractivity contribution in [1.29, 1.82) is 5.26 Å². The fraction of sp³-hybridized carbons (Fsp3) is 0.235. The largest absolute Gasteiger partial charge is 0.452 e. The van der Waals surface area contributed by atoms with Gasteiger partial charge >= 0.3 is 17.6 Å². The molecule has 3 aromatic heterocycles. The van der Waals surface area contributed by atoms with Crippen molar-refractivity contribution >= 4 is 5.69 Å². The average molecular weight is 430 g/mol. The van der Waals surface area contributed by atoms with E-state index in [-0.39, 0.29) is 35.1 Å². The third-order valence-corrected chi connectivity index (χ3v) is 4.48. The maximum absolute atomic E-state index is 14.5. The van der Waals surface area contributed by atoms with Gasteiger partial charge in [-0.3, -0.25) is 14.6 Å². The Morgan fingerprint density at radius 3 is 2.65 bits per heavy atom. The molecule has 1 saturated heterocycles. The molecular weight excluding hydrogens is 418 g/mol. The molecule has 0 aromatic carbocycles. The van der Waals surface area contributed by atoms with Crippen LogP contribution in [-0.4, -0.2) is 55.2 Å². The minimum atomic E-state index is -3.36. The molecule has 0 aliphatic carbocycles. The fourth-order valence-electron chi connectivity index (χ4n) is 2.99. The zero-order chi connectivity index (χ0) is 22.2. The summed E-state index contributed by atoms with van der Waals surface area (Å²) in [5, 5.41) is 14.6. The van der Waals surface area contributed by atoms with Crippen molar-refractivity contribution < 1.29 is 13.5 Å². The van der Waals surface area contributed by atoms with Gasteiger partial charge in [0.1, 0.15) is 11.8 Å². The van der Waals surface area contributed by atoms with Crippen molar-refractivity contribution in [3.8, 4) is 23.3 Å². The van der Waals surface area contributed by atoms with Crippen LogP contribution in [-0.2, 0) is 0 Å². The summed E-state index contributed by atoms with van der Waals surface area (Å²) in [6.45, 7) is -1.23. The van der Waals surface area contributed by atoms with Gasteiger partial charge in [0.05, 0.1) is 42.3 Å². The van der Waals surface area contributed by atoms with Gasteiger partial charge in [-0.1, -0.05) is 0 Å². The van der Waals surface area contributed by atoms with E-state index in [0.717, 1.165) is 23.5 Å². The van der Waals surface area contributed by atoms with Crippen LogP contribution in [0.15, 0.2) is 39.0 Å². The Kier molecular flexibility index (Phi) is 4.78. The summed E-state index contributed by atoms with van der Waals surface area (Å²) in [7, 11) is 0. The number of ether oxygens (including phenoxy) is 1. The van der Waals surface area contributed by atoms with E-state index in [9.17, 15) is 23.2 Å². The molecule has 1 aliphatic rings. The van der Waals surface area contributed by atoms with Gasteiger partial charge < -0.3 is 14.6 Å². The number of nitrogens with zero attached hydrogens (tertiary/aromatic N) is 5. The molecule has 4 rings (SSSR count). The van der Waals surface area contributed by atoms with E-state index in [1.807, 2.05) is 4.98 Å². The van der Waals surface area contributed by atoms with Gasteiger partial charge in [0.25, 0.3) is 11.1 Å². The molecule has 3 aromatic rings. The average Bonchev–Trinajstić information content (AvgIpc) is 3.03. The molecule has 0 unspecified atom stereocenters. The number of anilines is 1. The molecule has 31 heavy (non-hydrogen) atoms. The van der Waals surface area contributed by atoms with E-state index in [1.54, 1.807) is 6.07 Å². The molecule has 12 nitrogen and oxygen atoms in total. The first kappa shape index (κ1) is 19.9. The summed E-state index contributed by atoms with van der Waals surface area (Å²) >= 11 is 0. The number of rotatable bonds is 4. The van der Waals surface area contributed by atoms with Crippen molar-refractivity contribution in [2.75, 3.05) is 18.0 Å². The molecule has 1 aliphatic heterocycles. The van der Waals surface area contributed by atoms with E-state index in [2.05, 4.69) is 25.1 Å². The minimum Gasteiger partial charge on any atom is -0.452 e. The number of hydrogen-bond donors (Lipinski definition) is 3. The maximum Gasteiger partial charge on any atom is 0.325 e. The summed E-state index contributed by atoms with van der Waals surface area (Å²) in [6.07, 6.45) is 1.69. The van der Waals surface area contributed by atoms with Crippen LogP contribution in [0, 0.1) is 11.3 Å². The normalized spacial score (nSPS) is 17.3. The lowest BCUT2D eigenvalue weighted by Crippen LogP contribution is -2.36. The lowest BCUT2D eigenvalue weighted by atomic mass is 10.2.